The lowest BCUT2D eigenvalue weighted by Crippen LogP contribution is -2.26. The second kappa shape index (κ2) is 5.75. The Morgan fingerprint density at radius 2 is 2.27 bits per heavy atom. The molecule has 0 atom stereocenters. The zero-order valence-electron chi connectivity index (χ0n) is 7.05. The standard InChI is InChI=1S/C8H14N2O/c1-4-6-9-7-5-8(11)10(2)3/h1,9H,5-7H2,2-3H3. The molecule has 0 aromatic heterocycles. The van der Waals surface area contributed by atoms with Crippen LogP contribution >= 0.6 is 0 Å². The summed E-state index contributed by atoms with van der Waals surface area (Å²) >= 11 is 0. The summed E-state index contributed by atoms with van der Waals surface area (Å²) in [5.41, 5.74) is 0. The van der Waals surface area contributed by atoms with Crippen LogP contribution in [-0.4, -0.2) is 38.0 Å². The SMILES string of the molecule is C#CCNCCC(=O)N(C)C. The van der Waals surface area contributed by atoms with Crippen LogP contribution in [0.25, 0.3) is 0 Å². The number of terminal acetylenes is 1. The molecule has 0 aromatic rings. The first-order valence-corrected chi connectivity index (χ1v) is 3.53. The van der Waals surface area contributed by atoms with Crippen LogP contribution in [0, 0.1) is 12.3 Å². The van der Waals surface area contributed by atoms with Crippen molar-refractivity contribution in [2.45, 2.75) is 6.42 Å². The Balaban J connectivity index is 3.26. The number of nitrogens with zero attached hydrogens (tertiary/aromatic N) is 1. The van der Waals surface area contributed by atoms with E-state index in [0.29, 0.717) is 19.5 Å². The first kappa shape index (κ1) is 9.99. The highest BCUT2D eigenvalue weighted by atomic mass is 16.2. The van der Waals surface area contributed by atoms with Crippen molar-refractivity contribution >= 4 is 5.91 Å². The summed E-state index contributed by atoms with van der Waals surface area (Å²) < 4.78 is 0. The molecule has 0 aliphatic carbocycles. The van der Waals surface area contributed by atoms with Crippen LogP contribution < -0.4 is 5.32 Å². The first-order chi connectivity index (χ1) is 5.18. The van der Waals surface area contributed by atoms with Crippen LogP contribution in [0.1, 0.15) is 6.42 Å². The second-order valence-corrected chi connectivity index (χ2v) is 2.42. The fourth-order valence-electron chi connectivity index (χ4n) is 0.579. The van der Waals surface area contributed by atoms with Crippen LogP contribution in [0.5, 0.6) is 0 Å². The number of carbonyl (C=O) groups is 1. The molecule has 1 N–H and O–H groups in total. The van der Waals surface area contributed by atoms with Crippen molar-refractivity contribution in [1.82, 2.24) is 10.2 Å². The molecule has 3 heteroatoms. The fourth-order valence-corrected chi connectivity index (χ4v) is 0.579. The van der Waals surface area contributed by atoms with Gasteiger partial charge in [0, 0.05) is 27.1 Å². The quantitative estimate of drug-likeness (QED) is 0.445. The molecule has 0 heterocycles. The lowest BCUT2D eigenvalue weighted by molar-refractivity contribution is -0.128. The molecule has 0 spiro atoms. The second-order valence-electron chi connectivity index (χ2n) is 2.42. The normalized spacial score (nSPS) is 8.82. The van der Waals surface area contributed by atoms with Gasteiger partial charge in [-0.1, -0.05) is 5.92 Å². The molecule has 0 aromatic carbocycles. The summed E-state index contributed by atoms with van der Waals surface area (Å²) in [6, 6.07) is 0. The van der Waals surface area contributed by atoms with Gasteiger partial charge in [0.05, 0.1) is 6.54 Å². The number of hydrogen-bond acceptors (Lipinski definition) is 2. The van der Waals surface area contributed by atoms with Gasteiger partial charge in [-0.3, -0.25) is 4.79 Å². The summed E-state index contributed by atoms with van der Waals surface area (Å²) in [4.78, 5) is 12.5. The van der Waals surface area contributed by atoms with Crippen LogP contribution in [0.15, 0.2) is 0 Å². The maximum absolute atomic E-state index is 10.9. The van der Waals surface area contributed by atoms with Gasteiger partial charge in [0.2, 0.25) is 5.91 Å². The van der Waals surface area contributed by atoms with Gasteiger partial charge in [0.1, 0.15) is 0 Å². The predicted octanol–water partition coefficient (Wildman–Crippen LogP) is -0.312. The lowest BCUT2D eigenvalue weighted by atomic mass is 10.4. The van der Waals surface area contributed by atoms with Crippen LogP contribution in [0.2, 0.25) is 0 Å². The third-order valence-corrected chi connectivity index (χ3v) is 1.24. The van der Waals surface area contributed by atoms with Crippen molar-refractivity contribution in [1.29, 1.82) is 0 Å². The Hall–Kier alpha value is -1.01. The van der Waals surface area contributed by atoms with Gasteiger partial charge >= 0.3 is 0 Å². The molecule has 3 nitrogen and oxygen atoms in total. The van der Waals surface area contributed by atoms with Crippen molar-refractivity contribution in [3.8, 4) is 12.3 Å². The molecule has 11 heavy (non-hydrogen) atoms. The molecule has 0 rings (SSSR count). The zero-order chi connectivity index (χ0) is 8.69. The smallest absolute Gasteiger partial charge is 0.223 e. The average Bonchev–Trinajstić information content (AvgIpc) is 1.97. The molecule has 0 aliphatic rings. The van der Waals surface area contributed by atoms with E-state index in [2.05, 4.69) is 11.2 Å². The van der Waals surface area contributed by atoms with Crippen molar-refractivity contribution in [3.05, 3.63) is 0 Å². The van der Waals surface area contributed by atoms with Crippen molar-refractivity contribution in [3.63, 3.8) is 0 Å². The largest absolute Gasteiger partial charge is 0.349 e. The molecule has 0 saturated carbocycles. The maximum Gasteiger partial charge on any atom is 0.223 e. The number of carbonyl (C=O) groups excluding carboxylic acids is 1. The molecule has 0 fully saturated rings. The molecule has 0 unspecified atom stereocenters. The Morgan fingerprint density at radius 3 is 2.73 bits per heavy atom. The molecule has 1 amide bonds. The minimum atomic E-state index is 0.120. The van der Waals surface area contributed by atoms with Crippen LogP contribution in [-0.2, 0) is 4.79 Å². The van der Waals surface area contributed by atoms with E-state index in [9.17, 15) is 4.79 Å². The van der Waals surface area contributed by atoms with Crippen LogP contribution in [0.3, 0.4) is 0 Å². The fraction of sp³-hybridized carbons (Fsp3) is 0.625. The number of nitrogens with one attached hydrogen (secondary N) is 1. The van der Waals surface area contributed by atoms with Gasteiger partial charge < -0.3 is 10.2 Å². The third-order valence-electron chi connectivity index (χ3n) is 1.24. The third kappa shape index (κ3) is 5.43. The predicted molar refractivity (Wildman–Crippen MR) is 45.0 cm³/mol. The molecule has 0 radical (unpaired) electrons. The highest BCUT2D eigenvalue weighted by Crippen LogP contribution is 1.83. The number of amides is 1. The summed E-state index contributed by atoms with van der Waals surface area (Å²) in [7, 11) is 3.48. The minimum Gasteiger partial charge on any atom is -0.349 e. The van der Waals surface area contributed by atoms with E-state index in [0.717, 1.165) is 0 Å². The molecular weight excluding hydrogens is 140 g/mol. The lowest BCUT2D eigenvalue weighted by Gasteiger charge is -2.09. The highest BCUT2D eigenvalue weighted by Gasteiger charge is 2.00. The average molecular weight is 154 g/mol. The Morgan fingerprint density at radius 1 is 1.64 bits per heavy atom. The van der Waals surface area contributed by atoms with Gasteiger partial charge in [-0.25, -0.2) is 0 Å². The zero-order valence-corrected chi connectivity index (χ0v) is 7.05. The van der Waals surface area contributed by atoms with Gasteiger partial charge in [-0.2, -0.15) is 0 Å². The van der Waals surface area contributed by atoms with E-state index in [4.69, 9.17) is 6.42 Å². The van der Waals surface area contributed by atoms with E-state index in [1.165, 1.54) is 0 Å². The molecular formula is C8H14N2O. The monoisotopic (exact) mass is 154 g/mol. The van der Waals surface area contributed by atoms with E-state index in [-0.39, 0.29) is 5.91 Å². The summed E-state index contributed by atoms with van der Waals surface area (Å²) in [5.74, 6) is 2.55. The van der Waals surface area contributed by atoms with Gasteiger partial charge in [0.15, 0.2) is 0 Å². The minimum absolute atomic E-state index is 0.120. The number of hydrogen-bond donors (Lipinski definition) is 1. The van der Waals surface area contributed by atoms with E-state index in [1.54, 1.807) is 19.0 Å². The summed E-state index contributed by atoms with van der Waals surface area (Å²) in [6.45, 7) is 1.18. The van der Waals surface area contributed by atoms with Crippen molar-refractivity contribution < 1.29 is 4.79 Å². The van der Waals surface area contributed by atoms with E-state index in [1.807, 2.05) is 0 Å². The maximum atomic E-state index is 10.9. The van der Waals surface area contributed by atoms with Gasteiger partial charge in [-0.05, 0) is 0 Å². The van der Waals surface area contributed by atoms with Crippen LogP contribution in [0.4, 0.5) is 0 Å². The first-order valence-electron chi connectivity index (χ1n) is 3.53. The number of rotatable bonds is 4. The Bertz CT molecular complexity index is 158. The van der Waals surface area contributed by atoms with Crippen molar-refractivity contribution in [2.75, 3.05) is 27.2 Å². The summed E-state index contributed by atoms with van der Waals surface area (Å²) in [5, 5.41) is 2.94. The van der Waals surface area contributed by atoms with E-state index < -0.39 is 0 Å². The van der Waals surface area contributed by atoms with E-state index >= 15 is 0 Å². The van der Waals surface area contributed by atoms with Gasteiger partial charge in [-0.15, -0.1) is 6.42 Å². The van der Waals surface area contributed by atoms with Crippen molar-refractivity contribution in [2.24, 2.45) is 0 Å². The highest BCUT2D eigenvalue weighted by molar-refractivity contribution is 5.75. The molecule has 0 bridgehead atoms. The van der Waals surface area contributed by atoms with Gasteiger partial charge in [0.25, 0.3) is 0 Å². The molecule has 62 valence electrons. The topological polar surface area (TPSA) is 32.3 Å². The Kier molecular flexibility index (Phi) is 5.22. The molecule has 0 saturated heterocycles. The Labute approximate surface area is 67.8 Å². The molecule has 0 aliphatic heterocycles. The summed E-state index contributed by atoms with van der Waals surface area (Å²) in [6.07, 6.45) is 5.51.